The van der Waals surface area contributed by atoms with Gasteiger partial charge in [-0.2, -0.15) is 15.0 Å². The second-order valence-electron chi connectivity index (χ2n) is 5.97. The van der Waals surface area contributed by atoms with Gasteiger partial charge in [-0.05, 0) is 25.7 Å². The molecule has 4 N–H and O–H groups in total. The van der Waals surface area contributed by atoms with E-state index in [9.17, 15) is 9.59 Å². The highest BCUT2D eigenvalue weighted by atomic mass is 16.5. The Bertz CT molecular complexity index is 570. The minimum Gasteiger partial charge on any atom is -0.457 e. The van der Waals surface area contributed by atoms with Crippen molar-refractivity contribution in [2.24, 2.45) is 17.8 Å². The lowest BCUT2D eigenvalue weighted by Crippen LogP contribution is -2.39. The van der Waals surface area contributed by atoms with Crippen LogP contribution in [0.2, 0.25) is 0 Å². The van der Waals surface area contributed by atoms with Gasteiger partial charge in [-0.15, -0.1) is 0 Å². The predicted molar refractivity (Wildman–Crippen MR) is 77.0 cm³/mol. The Hall–Kier alpha value is -2.25. The molecule has 2 fully saturated rings. The Morgan fingerprint density at radius 2 is 1.68 bits per heavy atom. The summed E-state index contributed by atoms with van der Waals surface area (Å²) in [5.74, 6) is 0.0694. The predicted octanol–water partition coefficient (Wildman–Crippen LogP) is 0.475. The molecule has 3 atom stereocenters. The summed E-state index contributed by atoms with van der Waals surface area (Å²) < 4.78 is 5.26. The molecule has 1 heterocycles. The van der Waals surface area contributed by atoms with Gasteiger partial charge in [0, 0.05) is 11.8 Å². The first-order valence-corrected chi connectivity index (χ1v) is 7.49. The van der Waals surface area contributed by atoms with Gasteiger partial charge < -0.3 is 16.2 Å². The fourth-order valence-corrected chi connectivity index (χ4v) is 3.45. The monoisotopic (exact) mass is 305 g/mol. The van der Waals surface area contributed by atoms with Crippen LogP contribution in [0, 0.1) is 17.8 Å². The maximum atomic E-state index is 12.2. The summed E-state index contributed by atoms with van der Waals surface area (Å²) in [5.41, 5.74) is 10.9. The summed E-state index contributed by atoms with van der Waals surface area (Å²) in [6, 6.07) is 0. The molecule has 3 rings (SSSR count). The standard InChI is InChI=1S/C14H19N5O3/c15-13-17-10(18-14(16)19-13)6-22-12(21)9-4-7-2-1-3-8(5-9)11(7)20/h7-9H,1-6H2,(H4,15,16,17,18,19)/t7-,8+,9?. The van der Waals surface area contributed by atoms with E-state index in [0.29, 0.717) is 18.6 Å². The molecule has 118 valence electrons. The lowest BCUT2D eigenvalue weighted by Gasteiger charge is -2.36. The van der Waals surface area contributed by atoms with Crippen LogP contribution in [0.25, 0.3) is 0 Å². The van der Waals surface area contributed by atoms with Crippen molar-refractivity contribution >= 4 is 23.6 Å². The van der Waals surface area contributed by atoms with E-state index < -0.39 is 0 Å². The van der Waals surface area contributed by atoms with Crippen LogP contribution in [0.5, 0.6) is 0 Å². The fourth-order valence-electron chi connectivity index (χ4n) is 3.45. The summed E-state index contributed by atoms with van der Waals surface area (Å²) >= 11 is 0. The summed E-state index contributed by atoms with van der Waals surface area (Å²) in [4.78, 5) is 35.6. The van der Waals surface area contributed by atoms with Crippen molar-refractivity contribution in [3.8, 4) is 0 Å². The van der Waals surface area contributed by atoms with Gasteiger partial charge in [0.25, 0.3) is 0 Å². The molecule has 1 aromatic heterocycles. The minimum absolute atomic E-state index is 0.00339. The van der Waals surface area contributed by atoms with Gasteiger partial charge in [-0.3, -0.25) is 9.59 Å². The lowest BCUT2D eigenvalue weighted by molar-refractivity contribution is -0.155. The number of aromatic nitrogens is 3. The maximum absolute atomic E-state index is 12.2. The Morgan fingerprint density at radius 1 is 1.09 bits per heavy atom. The maximum Gasteiger partial charge on any atom is 0.309 e. The summed E-state index contributed by atoms with van der Waals surface area (Å²) in [7, 11) is 0. The van der Waals surface area contributed by atoms with Crippen LogP contribution in [-0.2, 0) is 20.9 Å². The van der Waals surface area contributed by atoms with Gasteiger partial charge in [-0.25, -0.2) is 0 Å². The first-order valence-electron chi connectivity index (χ1n) is 7.49. The molecule has 8 nitrogen and oxygen atoms in total. The summed E-state index contributed by atoms with van der Waals surface area (Å²) in [6.07, 6.45) is 4.04. The van der Waals surface area contributed by atoms with Crippen LogP contribution in [0.4, 0.5) is 11.9 Å². The molecule has 0 aromatic carbocycles. The topological polar surface area (TPSA) is 134 Å². The van der Waals surface area contributed by atoms with Crippen molar-refractivity contribution in [3.05, 3.63) is 5.82 Å². The average molecular weight is 305 g/mol. The first kappa shape index (κ1) is 14.7. The van der Waals surface area contributed by atoms with Crippen molar-refractivity contribution < 1.29 is 14.3 Å². The van der Waals surface area contributed by atoms with Gasteiger partial charge in [-0.1, -0.05) is 6.42 Å². The normalized spacial score (nSPS) is 27.5. The zero-order valence-electron chi connectivity index (χ0n) is 12.2. The number of nitrogen functional groups attached to an aromatic ring is 2. The van der Waals surface area contributed by atoms with Crippen molar-refractivity contribution in [2.45, 2.75) is 38.7 Å². The van der Waals surface area contributed by atoms with Gasteiger partial charge in [0.2, 0.25) is 11.9 Å². The van der Waals surface area contributed by atoms with Crippen LogP contribution in [0.15, 0.2) is 0 Å². The van der Waals surface area contributed by atoms with E-state index in [-0.39, 0.29) is 48.1 Å². The van der Waals surface area contributed by atoms with Gasteiger partial charge in [0.05, 0.1) is 5.92 Å². The molecular weight excluding hydrogens is 286 g/mol. The third-order valence-electron chi connectivity index (χ3n) is 4.44. The molecule has 0 spiro atoms. The fraction of sp³-hybridized carbons (Fsp3) is 0.643. The number of carbonyl (C=O) groups is 2. The number of fused-ring (bicyclic) bond motifs is 2. The van der Waals surface area contributed by atoms with Crippen LogP contribution >= 0.6 is 0 Å². The lowest BCUT2D eigenvalue weighted by atomic mass is 9.67. The van der Waals surface area contributed by atoms with Gasteiger partial charge in [0.15, 0.2) is 12.4 Å². The highest BCUT2D eigenvalue weighted by Gasteiger charge is 2.41. The molecule has 2 aliphatic rings. The van der Waals surface area contributed by atoms with Crippen LogP contribution in [0.3, 0.4) is 0 Å². The average Bonchev–Trinajstić information content (AvgIpc) is 2.43. The Morgan fingerprint density at radius 3 is 2.27 bits per heavy atom. The highest BCUT2D eigenvalue weighted by molar-refractivity contribution is 5.87. The van der Waals surface area contributed by atoms with E-state index in [1.165, 1.54) is 0 Å². The summed E-state index contributed by atoms with van der Waals surface area (Å²) in [6.45, 7) is -0.0878. The molecule has 0 amide bonds. The molecule has 1 aromatic rings. The largest absolute Gasteiger partial charge is 0.457 e. The van der Waals surface area contributed by atoms with Crippen molar-refractivity contribution in [1.82, 2.24) is 15.0 Å². The van der Waals surface area contributed by atoms with E-state index in [1.807, 2.05) is 0 Å². The van der Waals surface area contributed by atoms with Gasteiger partial charge in [0.1, 0.15) is 5.78 Å². The molecule has 22 heavy (non-hydrogen) atoms. The Kier molecular flexibility index (Phi) is 3.91. The zero-order chi connectivity index (χ0) is 15.7. The molecule has 2 bridgehead atoms. The quantitative estimate of drug-likeness (QED) is 0.770. The second kappa shape index (κ2) is 5.86. The molecule has 0 saturated heterocycles. The van der Waals surface area contributed by atoms with E-state index in [4.69, 9.17) is 16.2 Å². The number of nitrogens with zero attached hydrogens (tertiary/aromatic N) is 3. The molecule has 2 saturated carbocycles. The number of anilines is 2. The van der Waals surface area contributed by atoms with Crippen LogP contribution < -0.4 is 11.5 Å². The number of rotatable bonds is 3. The smallest absolute Gasteiger partial charge is 0.309 e. The van der Waals surface area contributed by atoms with Gasteiger partial charge >= 0.3 is 5.97 Å². The molecular formula is C14H19N5O3. The minimum atomic E-state index is -0.304. The number of ketones is 1. The van der Waals surface area contributed by atoms with Crippen molar-refractivity contribution in [3.63, 3.8) is 0 Å². The Balaban J connectivity index is 1.59. The molecule has 2 aliphatic carbocycles. The van der Waals surface area contributed by atoms with Crippen molar-refractivity contribution in [2.75, 3.05) is 11.5 Å². The Labute approximate surface area is 127 Å². The second-order valence-corrected chi connectivity index (χ2v) is 5.97. The molecule has 0 aliphatic heterocycles. The number of hydrogen-bond donors (Lipinski definition) is 2. The molecule has 8 heteroatoms. The van der Waals surface area contributed by atoms with Crippen molar-refractivity contribution in [1.29, 1.82) is 0 Å². The van der Waals surface area contributed by atoms with E-state index in [0.717, 1.165) is 19.3 Å². The van der Waals surface area contributed by atoms with Crippen LogP contribution in [0.1, 0.15) is 37.9 Å². The van der Waals surface area contributed by atoms with E-state index in [2.05, 4.69) is 15.0 Å². The molecule has 0 radical (unpaired) electrons. The first-order chi connectivity index (χ1) is 10.5. The highest BCUT2D eigenvalue weighted by Crippen LogP contribution is 2.40. The number of hydrogen-bond acceptors (Lipinski definition) is 8. The molecule has 1 unspecified atom stereocenters. The zero-order valence-corrected chi connectivity index (χ0v) is 12.2. The van der Waals surface area contributed by atoms with Crippen LogP contribution in [-0.4, -0.2) is 26.7 Å². The number of esters is 1. The number of carbonyl (C=O) groups excluding carboxylic acids is 2. The van der Waals surface area contributed by atoms with E-state index in [1.54, 1.807) is 0 Å². The number of nitrogens with two attached hydrogens (primary N) is 2. The van der Waals surface area contributed by atoms with E-state index >= 15 is 0 Å². The SMILES string of the molecule is Nc1nc(N)nc(COC(=O)C2C[C@H]3CCC[C@@H](C2)C3=O)n1. The number of Topliss-reactive ketones (excluding diaryl/α,β-unsaturated/α-hetero) is 1. The third kappa shape index (κ3) is 3.00. The summed E-state index contributed by atoms with van der Waals surface area (Å²) in [5, 5.41) is 0. The third-order valence-corrected chi connectivity index (χ3v) is 4.44. The number of ether oxygens (including phenoxy) is 1.